The van der Waals surface area contributed by atoms with Crippen LogP contribution in [-0.2, 0) is 9.47 Å². The van der Waals surface area contributed by atoms with E-state index in [-0.39, 0.29) is 21.2 Å². The fourth-order valence-electron chi connectivity index (χ4n) is 1.06. The van der Waals surface area contributed by atoms with Crippen LogP contribution in [0.5, 0.6) is 0 Å². The first kappa shape index (κ1) is 13.3. The summed E-state index contributed by atoms with van der Waals surface area (Å²) in [4.78, 5) is 3.13. The van der Waals surface area contributed by atoms with E-state index in [2.05, 4.69) is 22.9 Å². The second-order valence-electron chi connectivity index (χ2n) is 2.90. The Balaban J connectivity index is 2.45. The van der Waals surface area contributed by atoms with Crippen molar-refractivity contribution < 1.29 is 9.47 Å². The first-order valence-electron chi connectivity index (χ1n) is 5.32. The SMILES string of the molecule is CCOC(C#C[Se]c1ccccc1)OCC. The Hall–Kier alpha value is -0.781. The van der Waals surface area contributed by atoms with Crippen LogP contribution in [0, 0.1) is 10.7 Å². The molecule has 0 spiro atoms. The van der Waals surface area contributed by atoms with E-state index < -0.39 is 0 Å². The van der Waals surface area contributed by atoms with E-state index in [1.165, 1.54) is 4.46 Å². The third-order valence-electron chi connectivity index (χ3n) is 1.72. The molecule has 0 saturated carbocycles. The number of hydrogen-bond donors (Lipinski definition) is 0. The zero-order valence-corrected chi connectivity index (χ0v) is 11.3. The van der Waals surface area contributed by atoms with Gasteiger partial charge >= 0.3 is 103 Å². The Morgan fingerprint density at radius 1 is 1.12 bits per heavy atom. The maximum absolute atomic E-state index is 5.33. The van der Waals surface area contributed by atoms with Gasteiger partial charge in [-0.1, -0.05) is 0 Å². The summed E-state index contributed by atoms with van der Waals surface area (Å²) in [5.74, 6) is 3.00. The van der Waals surface area contributed by atoms with Crippen molar-refractivity contribution in [2.75, 3.05) is 13.2 Å². The molecule has 0 aliphatic carbocycles. The predicted molar refractivity (Wildman–Crippen MR) is 66.6 cm³/mol. The average molecular weight is 283 g/mol. The second kappa shape index (κ2) is 8.38. The fourth-order valence-corrected chi connectivity index (χ4v) is 2.25. The second-order valence-corrected chi connectivity index (χ2v) is 4.75. The molecule has 0 N–H and O–H groups in total. The molecule has 86 valence electrons. The van der Waals surface area contributed by atoms with Gasteiger partial charge in [0.05, 0.1) is 0 Å². The van der Waals surface area contributed by atoms with Gasteiger partial charge in [-0.15, -0.1) is 0 Å². The summed E-state index contributed by atoms with van der Waals surface area (Å²) in [6, 6.07) is 10.2. The molecule has 1 aromatic carbocycles. The molecule has 0 bridgehead atoms. The van der Waals surface area contributed by atoms with E-state index in [0.29, 0.717) is 13.2 Å². The molecular formula is C13H16O2Se. The number of ether oxygens (including phenoxy) is 2. The van der Waals surface area contributed by atoms with Gasteiger partial charge in [0.1, 0.15) is 0 Å². The van der Waals surface area contributed by atoms with Crippen LogP contribution >= 0.6 is 0 Å². The van der Waals surface area contributed by atoms with Gasteiger partial charge in [0.2, 0.25) is 0 Å². The van der Waals surface area contributed by atoms with E-state index in [1.54, 1.807) is 0 Å². The van der Waals surface area contributed by atoms with E-state index in [0.717, 1.165) is 0 Å². The molecule has 16 heavy (non-hydrogen) atoms. The summed E-state index contributed by atoms with van der Waals surface area (Å²) >= 11 is 0.174. The maximum atomic E-state index is 5.33. The third kappa shape index (κ3) is 5.34. The fraction of sp³-hybridized carbons (Fsp3) is 0.385. The molecule has 3 heteroatoms. The molecule has 1 aromatic rings. The zero-order valence-electron chi connectivity index (χ0n) is 9.60. The molecule has 0 saturated heterocycles. The average Bonchev–Trinajstić information content (AvgIpc) is 2.31. The first-order valence-corrected chi connectivity index (χ1v) is 7.03. The quantitative estimate of drug-likeness (QED) is 0.462. The van der Waals surface area contributed by atoms with Crippen LogP contribution in [0.4, 0.5) is 0 Å². The molecule has 0 aliphatic heterocycles. The Labute approximate surface area is 103 Å². The van der Waals surface area contributed by atoms with Crippen LogP contribution in [-0.4, -0.2) is 34.5 Å². The molecule has 0 amide bonds. The van der Waals surface area contributed by atoms with Crippen molar-refractivity contribution >= 4 is 19.4 Å². The molecule has 0 heterocycles. The molecule has 0 atom stereocenters. The molecular weight excluding hydrogens is 267 g/mol. The van der Waals surface area contributed by atoms with Crippen LogP contribution in [0.2, 0.25) is 0 Å². The molecule has 0 fully saturated rings. The number of benzene rings is 1. The normalized spacial score (nSPS) is 9.94. The summed E-state index contributed by atoms with van der Waals surface area (Å²) in [6.45, 7) is 5.13. The minimum absolute atomic E-state index is 0.174. The van der Waals surface area contributed by atoms with Crippen molar-refractivity contribution in [1.29, 1.82) is 0 Å². The summed E-state index contributed by atoms with van der Waals surface area (Å²) in [5.41, 5.74) is 0. The van der Waals surface area contributed by atoms with Gasteiger partial charge in [0.15, 0.2) is 0 Å². The van der Waals surface area contributed by atoms with Crippen LogP contribution in [0.25, 0.3) is 0 Å². The van der Waals surface area contributed by atoms with Gasteiger partial charge in [-0.25, -0.2) is 0 Å². The van der Waals surface area contributed by atoms with Crippen molar-refractivity contribution in [2.45, 2.75) is 20.1 Å². The van der Waals surface area contributed by atoms with Gasteiger partial charge < -0.3 is 0 Å². The summed E-state index contributed by atoms with van der Waals surface area (Å²) in [5, 5.41) is 0. The van der Waals surface area contributed by atoms with Crippen molar-refractivity contribution in [3.05, 3.63) is 30.3 Å². The van der Waals surface area contributed by atoms with E-state index >= 15 is 0 Å². The third-order valence-corrected chi connectivity index (χ3v) is 3.25. The molecule has 0 aromatic heterocycles. The van der Waals surface area contributed by atoms with Gasteiger partial charge in [-0.2, -0.15) is 0 Å². The molecule has 0 aliphatic rings. The Morgan fingerprint density at radius 2 is 1.75 bits per heavy atom. The summed E-state index contributed by atoms with van der Waals surface area (Å²) in [7, 11) is 0. The Kier molecular flexibility index (Phi) is 6.96. The van der Waals surface area contributed by atoms with Crippen molar-refractivity contribution in [1.82, 2.24) is 0 Å². The van der Waals surface area contributed by atoms with E-state index in [1.807, 2.05) is 32.0 Å². The number of rotatable bonds is 5. The Bertz CT molecular complexity index is 334. The predicted octanol–water partition coefficient (Wildman–Crippen LogP) is 1.38. The monoisotopic (exact) mass is 284 g/mol. The van der Waals surface area contributed by atoms with Crippen molar-refractivity contribution in [2.24, 2.45) is 0 Å². The summed E-state index contributed by atoms with van der Waals surface area (Å²) < 4.78 is 11.9. The molecule has 0 radical (unpaired) electrons. The van der Waals surface area contributed by atoms with Gasteiger partial charge in [0, 0.05) is 0 Å². The minimum atomic E-state index is -0.374. The van der Waals surface area contributed by atoms with Gasteiger partial charge in [-0.05, 0) is 0 Å². The molecule has 1 rings (SSSR count). The Morgan fingerprint density at radius 3 is 2.31 bits per heavy atom. The van der Waals surface area contributed by atoms with Gasteiger partial charge in [0.25, 0.3) is 0 Å². The first-order chi connectivity index (χ1) is 7.86. The van der Waals surface area contributed by atoms with Crippen LogP contribution in [0.3, 0.4) is 0 Å². The van der Waals surface area contributed by atoms with E-state index in [4.69, 9.17) is 9.47 Å². The van der Waals surface area contributed by atoms with Crippen molar-refractivity contribution in [3.63, 3.8) is 0 Å². The standard InChI is InChI=1S/C13H16O2Se/c1-3-14-13(15-4-2)10-11-16-12-8-6-5-7-9-12/h5-9,13H,3-4H2,1-2H3. The summed E-state index contributed by atoms with van der Waals surface area (Å²) in [6.07, 6.45) is -0.374. The van der Waals surface area contributed by atoms with Crippen LogP contribution in [0.15, 0.2) is 30.3 Å². The van der Waals surface area contributed by atoms with Gasteiger partial charge in [-0.3, -0.25) is 0 Å². The van der Waals surface area contributed by atoms with Crippen LogP contribution in [0.1, 0.15) is 13.8 Å². The van der Waals surface area contributed by atoms with Crippen molar-refractivity contribution in [3.8, 4) is 10.7 Å². The topological polar surface area (TPSA) is 18.5 Å². The molecule has 2 nitrogen and oxygen atoms in total. The van der Waals surface area contributed by atoms with E-state index in [9.17, 15) is 0 Å². The van der Waals surface area contributed by atoms with Crippen LogP contribution < -0.4 is 4.46 Å². The zero-order chi connectivity index (χ0) is 11.6. The number of hydrogen-bond acceptors (Lipinski definition) is 2. The molecule has 0 unspecified atom stereocenters.